The summed E-state index contributed by atoms with van der Waals surface area (Å²) in [4.78, 5) is 16.0. The molecule has 0 aliphatic carbocycles. The van der Waals surface area contributed by atoms with Gasteiger partial charge in [-0.3, -0.25) is 5.43 Å². The van der Waals surface area contributed by atoms with Crippen molar-refractivity contribution >= 4 is 34.5 Å². The van der Waals surface area contributed by atoms with Gasteiger partial charge in [0.15, 0.2) is 0 Å². The molecule has 23 heavy (non-hydrogen) atoms. The zero-order chi connectivity index (χ0) is 17.0. The van der Waals surface area contributed by atoms with Crippen LogP contribution in [0.15, 0.2) is 28.7 Å². The normalized spacial score (nSPS) is 11.6. The van der Waals surface area contributed by atoms with Crippen LogP contribution in [0.4, 0.5) is 10.9 Å². The van der Waals surface area contributed by atoms with E-state index in [0.29, 0.717) is 22.1 Å². The minimum Gasteiger partial charge on any atom is -0.507 e. The molecule has 0 bridgehead atoms. The lowest BCUT2D eigenvalue weighted by Crippen LogP contribution is -2.23. The van der Waals surface area contributed by atoms with E-state index in [0.717, 1.165) is 0 Å². The average Bonchev–Trinajstić information content (AvgIpc) is 2.84. The van der Waals surface area contributed by atoms with E-state index in [4.69, 9.17) is 10.5 Å². The van der Waals surface area contributed by atoms with Crippen LogP contribution in [-0.2, 0) is 4.74 Å². The molecule has 4 N–H and O–H groups in total. The number of carbonyl (C=O) groups is 1. The van der Waals surface area contributed by atoms with Crippen LogP contribution in [0.5, 0.6) is 5.75 Å². The number of nitrogens with one attached hydrogen (secondary N) is 1. The van der Waals surface area contributed by atoms with Gasteiger partial charge in [0.25, 0.3) is 0 Å². The van der Waals surface area contributed by atoms with Gasteiger partial charge in [0.2, 0.25) is 5.13 Å². The largest absolute Gasteiger partial charge is 0.507 e. The number of anilines is 2. The Balaban J connectivity index is 2.12. The molecule has 0 spiro atoms. The number of hydrazone groups is 1. The number of rotatable bonds is 4. The summed E-state index contributed by atoms with van der Waals surface area (Å²) >= 11 is 1.31. The predicted molar refractivity (Wildman–Crippen MR) is 91.0 cm³/mol. The van der Waals surface area contributed by atoms with Crippen molar-refractivity contribution in [3.05, 3.63) is 34.7 Å². The summed E-state index contributed by atoms with van der Waals surface area (Å²) in [6.07, 6.45) is 1.39. The molecule has 0 saturated carbocycles. The summed E-state index contributed by atoms with van der Waals surface area (Å²) in [5.74, 6) is -0.0585. The van der Waals surface area contributed by atoms with Gasteiger partial charge in [0.1, 0.15) is 17.2 Å². The van der Waals surface area contributed by atoms with Crippen molar-refractivity contribution in [2.45, 2.75) is 26.4 Å². The van der Waals surface area contributed by atoms with E-state index in [9.17, 15) is 9.90 Å². The van der Waals surface area contributed by atoms with Gasteiger partial charge in [-0.1, -0.05) is 0 Å². The number of ether oxygens (including phenoxy) is 1. The lowest BCUT2D eigenvalue weighted by molar-refractivity contribution is 0.00695. The first-order valence-electron chi connectivity index (χ1n) is 6.81. The van der Waals surface area contributed by atoms with Gasteiger partial charge in [-0.05, 0) is 39.0 Å². The Hall–Kier alpha value is -2.61. The highest BCUT2D eigenvalue weighted by Crippen LogP contribution is 2.20. The van der Waals surface area contributed by atoms with Crippen molar-refractivity contribution in [3.8, 4) is 5.75 Å². The van der Waals surface area contributed by atoms with Crippen molar-refractivity contribution in [1.29, 1.82) is 0 Å². The second-order valence-corrected chi connectivity index (χ2v) is 6.58. The monoisotopic (exact) mass is 334 g/mol. The first kappa shape index (κ1) is 16.8. The van der Waals surface area contributed by atoms with Gasteiger partial charge >= 0.3 is 5.97 Å². The average molecular weight is 334 g/mol. The molecule has 0 fully saturated rings. The Morgan fingerprint density at radius 2 is 2.22 bits per heavy atom. The van der Waals surface area contributed by atoms with Gasteiger partial charge in [-0.25, -0.2) is 9.78 Å². The molecule has 0 saturated heterocycles. The van der Waals surface area contributed by atoms with Gasteiger partial charge < -0.3 is 15.6 Å². The smallest absolute Gasteiger partial charge is 0.338 e. The fourth-order valence-electron chi connectivity index (χ4n) is 1.62. The number of nitrogens with two attached hydrogens (primary N) is 1. The second kappa shape index (κ2) is 6.66. The van der Waals surface area contributed by atoms with Crippen molar-refractivity contribution in [3.63, 3.8) is 0 Å². The highest BCUT2D eigenvalue weighted by molar-refractivity contribution is 7.14. The van der Waals surface area contributed by atoms with Crippen LogP contribution < -0.4 is 11.2 Å². The number of aromatic hydroxyl groups is 1. The zero-order valence-electron chi connectivity index (χ0n) is 13.0. The third-order valence-electron chi connectivity index (χ3n) is 2.55. The van der Waals surface area contributed by atoms with Crippen LogP contribution in [0.3, 0.4) is 0 Å². The van der Waals surface area contributed by atoms with Crippen molar-refractivity contribution in [1.82, 2.24) is 4.98 Å². The summed E-state index contributed by atoms with van der Waals surface area (Å²) in [6.45, 7) is 5.37. The SMILES string of the molecule is CC(C)(C)OC(=O)c1ccc(O)c(C=NNc2nc(N)cs2)c1. The highest BCUT2D eigenvalue weighted by atomic mass is 32.1. The number of nitrogen functional groups attached to an aromatic ring is 1. The minimum absolute atomic E-state index is 0.00140. The molecule has 1 aromatic heterocycles. The van der Waals surface area contributed by atoms with E-state index in [1.165, 1.54) is 35.8 Å². The third kappa shape index (κ3) is 4.96. The number of esters is 1. The molecular weight excluding hydrogens is 316 g/mol. The zero-order valence-corrected chi connectivity index (χ0v) is 13.8. The standard InChI is InChI=1S/C15H18N4O3S/c1-15(2,3)22-13(21)9-4-5-11(20)10(6-9)7-17-19-14-18-12(16)8-23-14/h4-8,20H,16H2,1-3H3,(H,18,19). The molecule has 0 atom stereocenters. The number of nitrogens with zero attached hydrogens (tertiary/aromatic N) is 2. The Morgan fingerprint density at radius 3 is 2.83 bits per heavy atom. The van der Waals surface area contributed by atoms with Crippen LogP contribution in [0.25, 0.3) is 0 Å². The van der Waals surface area contributed by atoms with E-state index in [1.807, 2.05) is 0 Å². The van der Waals surface area contributed by atoms with E-state index < -0.39 is 11.6 Å². The number of carbonyl (C=O) groups excluding carboxylic acids is 1. The topological polar surface area (TPSA) is 110 Å². The Kier molecular flexibility index (Phi) is 4.85. The van der Waals surface area contributed by atoms with Crippen molar-refractivity contribution in [2.75, 3.05) is 11.2 Å². The van der Waals surface area contributed by atoms with Crippen LogP contribution in [-0.4, -0.2) is 27.9 Å². The highest BCUT2D eigenvalue weighted by Gasteiger charge is 2.18. The maximum absolute atomic E-state index is 12.0. The maximum atomic E-state index is 12.0. The fourth-order valence-corrected chi connectivity index (χ4v) is 2.17. The molecule has 122 valence electrons. The molecule has 2 aromatic rings. The quantitative estimate of drug-likeness (QED) is 0.450. The Morgan fingerprint density at radius 1 is 1.48 bits per heavy atom. The molecule has 1 aromatic carbocycles. The lowest BCUT2D eigenvalue weighted by Gasteiger charge is -2.19. The van der Waals surface area contributed by atoms with E-state index in [1.54, 1.807) is 26.2 Å². The van der Waals surface area contributed by atoms with Gasteiger partial charge in [-0.15, -0.1) is 11.3 Å². The number of benzene rings is 1. The number of phenolic OH excluding ortho intramolecular Hbond substituents is 1. The van der Waals surface area contributed by atoms with Crippen molar-refractivity contribution < 1.29 is 14.6 Å². The number of thiazole rings is 1. The summed E-state index contributed by atoms with van der Waals surface area (Å²) < 4.78 is 5.29. The van der Waals surface area contributed by atoms with Gasteiger partial charge in [0.05, 0.1) is 11.8 Å². The molecule has 0 unspecified atom stereocenters. The Bertz CT molecular complexity index is 735. The van der Waals surface area contributed by atoms with Crippen LogP contribution >= 0.6 is 11.3 Å². The van der Waals surface area contributed by atoms with Gasteiger partial charge in [0, 0.05) is 10.9 Å². The number of hydrogen-bond donors (Lipinski definition) is 3. The number of aromatic nitrogens is 1. The fraction of sp³-hybridized carbons (Fsp3) is 0.267. The first-order valence-corrected chi connectivity index (χ1v) is 7.69. The summed E-state index contributed by atoms with van der Waals surface area (Å²) in [7, 11) is 0. The lowest BCUT2D eigenvalue weighted by atomic mass is 10.1. The molecule has 1 heterocycles. The Labute approximate surface area is 137 Å². The summed E-state index contributed by atoms with van der Waals surface area (Å²) in [5.41, 5.74) is 8.33. The second-order valence-electron chi connectivity index (χ2n) is 5.72. The van der Waals surface area contributed by atoms with Crippen LogP contribution in [0.1, 0.15) is 36.7 Å². The van der Waals surface area contributed by atoms with Crippen LogP contribution in [0.2, 0.25) is 0 Å². The molecule has 0 aliphatic heterocycles. The van der Waals surface area contributed by atoms with E-state index >= 15 is 0 Å². The third-order valence-corrected chi connectivity index (χ3v) is 3.31. The first-order chi connectivity index (χ1) is 10.7. The number of hydrogen-bond acceptors (Lipinski definition) is 8. The molecule has 8 heteroatoms. The van der Waals surface area contributed by atoms with Gasteiger partial charge in [-0.2, -0.15) is 5.10 Å². The number of phenols is 1. The molecule has 7 nitrogen and oxygen atoms in total. The van der Waals surface area contributed by atoms with E-state index in [2.05, 4.69) is 15.5 Å². The summed E-state index contributed by atoms with van der Waals surface area (Å²) in [6, 6.07) is 4.42. The minimum atomic E-state index is -0.588. The van der Waals surface area contributed by atoms with Crippen molar-refractivity contribution in [2.24, 2.45) is 5.10 Å². The maximum Gasteiger partial charge on any atom is 0.338 e. The molecule has 0 radical (unpaired) electrons. The summed E-state index contributed by atoms with van der Waals surface area (Å²) in [5, 5.41) is 16.0. The predicted octanol–water partition coefficient (Wildman–Crippen LogP) is 2.83. The molecule has 0 aliphatic rings. The molecule has 0 amide bonds. The molecular formula is C15H18N4O3S. The van der Waals surface area contributed by atoms with E-state index in [-0.39, 0.29) is 5.75 Å². The van der Waals surface area contributed by atoms with Crippen LogP contribution in [0, 0.1) is 0 Å². The molecule has 2 rings (SSSR count).